The van der Waals surface area contributed by atoms with Crippen molar-refractivity contribution in [2.75, 3.05) is 12.8 Å². The van der Waals surface area contributed by atoms with Crippen LogP contribution in [-0.2, 0) is 6.54 Å². The van der Waals surface area contributed by atoms with Crippen LogP contribution >= 0.6 is 0 Å². The third-order valence-electron chi connectivity index (χ3n) is 3.36. The molecule has 0 amide bonds. The summed E-state index contributed by atoms with van der Waals surface area (Å²) in [5, 5.41) is 4.41. The summed E-state index contributed by atoms with van der Waals surface area (Å²) < 4.78 is 7.15. The maximum absolute atomic E-state index is 5.71. The van der Waals surface area contributed by atoms with Crippen molar-refractivity contribution in [2.24, 2.45) is 0 Å². The Hall–Kier alpha value is -2.75. The first-order chi connectivity index (χ1) is 10.2. The summed E-state index contributed by atoms with van der Waals surface area (Å²) in [6.07, 6.45) is 3.90. The van der Waals surface area contributed by atoms with Gasteiger partial charge >= 0.3 is 0 Å². The number of hydrogen-bond acceptors (Lipinski definition) is 3. The molecule has 0 aliphatic rings. The van der Waals surface area contributed by atoms with Gasteiger partial charge in [-0.25, -0.2) is 0 Å². The minimum Gasteiger partial charge on any atom is -0.497 e. The molecule has 2 aromatic carbocycles. The zero-order valence-electron chi connectivity index (χ0n) is 11.9. The van der Waals surface area contributed by atoms with Crippen LogP contribution in [-0.4, -0.2) is 16.9 Å². The van der Waals surface area contributed by atoms with Crippen LogP contribution < -0.4 is 10.5 Å². The van der Waals surface area contributed by atoms with Gasteiger partial charge < -0.3 is 10.5 Å². The number of rotatable bonds is 4. The van der Waals surface area contributed by atoms with Crippen molar-refractivity contribution in [3.05, 3.63) is 66.5 Å². The highest BCUT2D eigenvalue weighted by Crippen LogP contribution is 2.20. The number of nitrogen functional groups attached to an aromatic ring is 1. The third-order valence-corrected chi connectivity index (χ3v) is 3.36. The summed E-state index contributed by atoms with van der Waals surface area (Å²) in [6.45, 7) is 0.714. The second-order valence-corrected chi connectivity index (χ2v) is 4.90. The number of anilines is 1. The predicted molar refractivity (Wildman–Crippen MR) is 84.2 cm³/mol. The summed E-state index contributed by atoms with van der Waals surface area (Å²) in [5.41, 5.74) is 9.82. The number of hydrogen-bond donors (Lipinski definition) is 1. The van der Waals surface area contributed by atoms with E-state index in [2.05, 4.69) is 11.2 Å². The van der Waals surface area contributed by atoms with Gasteiger partial charge in [-0.15, -0.1) is 0 Å². The first-order valence-corrected chi connectivity index (χ1v) is 6.76. The Kier molecular flexibility index (Phi) is 3.60. The molecule has 0 radical (unpaired) electrons. The normalized spacial score (nSPS) is 10.5. The van der Waals surface area contributed by atoms with E-state index in [1.165, 1.54) is 0 Å². The van der Waals surface area contributed by atoms with Gasteiger partial charge in [0.1, 0.15) is 5.75 Å². The van der Waals surface area contributed by atoms with Crippen LogP contribution in [0.15, 0.2) is 60.9 Å². The average Bonchev–Trinajstić information content (AvgIpc) is 2.96. The zero-order chi connectivity index (χ0) is 14.7. The first-order valence-electron chi connectivity index (χ1n) is 6.76. The number of methoxy groups -OCH3 is 1. The summed E-state index contributed by atoms with van der Waals surface area (Å²) in [6, 6.07) is 15.8. The van der Waals surface area contributed by atoms with E-state index >= 15 is 0 Å². The van der Waals surface area contributed by atoms with Crippen molar-refractivity contribution in [1.82, 2.24) is 9.78 Å². The summed E-state index contributed by atoms with van der Waals surface area (Å²) in [7, 11) is 1.67. The molecule has 1 heterocycles. The molecule has 3 rings (SSSR count). The van der Waals surface area contributed by atoms with Crippen molar-refractivity contribution in [2.45, 2.75) is 6.54 Å². The molecule has 0 saturated carbocycles. The van der Waals surface area contributed by atoms with E-state index in [-0.39, 0.29) is 0 Å². The molecule has 1 aromatic heterocycles. The highest BCUT2D eigenvalue weighted by atomic mass is 16.5. The van der Waals surface area contributed by atoms with Crippen LogP contribution in [0.1, 0.15) is 5.56 Å². The van der Waals surface area contributed by atoms with E-state index < -0.39 is 0 Å². The fourth-order valence-corrected chi connectivity index (χ4v) is 2.23. The molecule has 4 heteroatoms. The van der Waals surface area contributed by atoms with Gasteiger partial charge in [0.2, 0.25) is 0 Å². The SMILES string of the molecule is COc1cccc(Cn2cc(-c3ccc(N)cc3)cn2)c1. The highest BCUT2D eigenvalue weighted by Gasteiger charge is 2.03. The number of benzene rings is 2. The lowest BCUT2D eigenvalue weighted by Crippen LogP contribution is -1.99. The second kappa shape index (κ2) is 5.71. The van der Waals surface area contributed by atoms with Crippen molar-refractivity contribution < 1.29 is 4.74 Å². The molecule has 0 unspecified atom stereocenters. The molecule has 0 aliphatic heterocycles. The highest BCUT2D eigenvalue weighted by molar-refractivity contribution is 5.64. The van der Waals surface area contributed by atoms with Gasteiger partial charge in [-0.2, -0.15) is 5.10 Å². The Morgan fingerprint density at radius 1 is 1.10 bits per heavy atom. The molecule has 0 atom stereocenters. The van der Waals surface area contributed by atoms with Gasteiger partial charge in [0.25, 0.3) is 0 Å². The third kappa shape index (κ3) is 3.05. The fraction of sp³-hybridized carbons (Fsp3) is 0.118. The second-order valence-electron chi connectivity index (χ2n) is 4.90. The van der Waals surface area contributed by atoms with E-state index in [1.54, 1.807) is 7.11 Å². The largest absolute Gasteiger partial charge is 0.497 e. The Balaban J connectivity index is 1.80. The summed E-state index contributed by atoms with van der Waals surface area (Å²) in [5.74, 6) is 0.860. The van der Waals surface area contributed by atoms with Gasteiger partial charge in [-0.3, -0.25) is 4.68 Å². The molecular weight excluding hydrogens is 262 g/mol. The monoisotopic (exact) mass is 279 g/mol. The molecule has 0 fully saturated rings. The fourth-order valence-electron chi connectivity index (χ4n) is 2.23. The van der Waals surface area contributed by atoms with Crippen LogP contribution in [0.5, 0.6) is 5.75 Å². The lowest BCUT2D eigenvalue weighted by molar-refractivity contribution is 0.414. The minimum atomic E-state index is 0.714. The minimum absolute atomic E-state index is 0.714. The molecule has 3 aromatic rings. The molecule has 0 saturated heterocycles. The quantitative estimate of drug-likeness (QED) is 0.746. The number of ether oxygens (including phenoxy) is 1. The molecule has 0 aliphatic carbocycles. The topological polar surface area (TPSA) is 53.1 Å². The van der Waals surface area contributed by atoms with E-state index in [0.29, 0.717) is 6.54 Å². The van der Waals surface area contributed by atoms with Crippen molar-refractivity contribution >= 4 is 5.69 Å². The van der Waals surface area contributed by atoms with Crippen LogP contribution in [0.3, 0.4) is 0 Å². The van der Waals surface area contributed by atoms with Crippen molar-refractivity contribution in [3.8, 4) is 16.9 Å². The maximum Gasteiger partial charge on any atom is 0.119 e. The molecule has 21 heavy (non-hydrogen) atoms. The van der Waals surface area contributed by atoms with Gasteiger partial charge in [0, 0.05) is 17.4 Å². The number of nitrogens with two attached hydrogens (primary N) is 1. The van der Waals surface area contributed by atoms with E-state index in [0.717, 1.165) is 28.1 Å². The summed E-state index contributed by atoms with van der Waals surface area (Å²) >= 11 is 0. The van der Waals surface area contributed by atoms with Crippen molar-refractivity contribution in [1.29, 1.82) is 0 Å². The van der Waals surface area contributed by atoms with Gasteiger partial charge in [0.15, 0.2) is 0 Å². The van der Waals surface area contributed by atoms with E-state index in [1.807, 2.05) is 59.5 Å². The lowest BCUT2D eigenvalue weighted by Gasteiger charge is -2.04. The Labute approximate surface area is 123 Å². The molecule has 0 bridgehead atoms. The van der Waals surface area contributed by atoms with Crippen LogP contribution in [0.4, 0.5) is 5.69 Å². The molecule has 2 N–H and O–H groups in total. The molecule has 4 nitrogen and oxygen atoms in total. The standard InChI is InChI=1S/C17H17N3O/c1-21-17-4-2-3-13(9-17)11-20-12-15(10-19-20)14-5-7-16(18)8-6-14/h2-10,12H,11,18H2,1H3. The maximum atomic E-state index is 5.71. The Morgan fingerprint density at radius 2 is 1.90 bits per heavy atom. The van der Waals surface area contributed by atoms with Gasteiger partial charge in [-0.1, -0.05) is 24.3 Å². The smallest absolute Gasteiger partial charge is 0.119 e. The van der Waals surface area contributed by atoms with Gasteiger partial charge in [0.05, 0.1) is 19.9 Å². The van der Waals surface area contributed by atoms with Crippen LogP contribution in [0, 0.1) is 0 Å². The molecular formula is C17H17N3O. The first kappa shape index (κ1) is 13.2. The molecule has 0 spiro atoms. The van der Waals surface area contributed by atoms with Crippen LogP contribution in [0.25, 0.3) is 11.1 Å². The predicted octanol–water partition coefficient (Wildman–Crippen LogP) is 3.19. The Morgan fingerprint density at radius 3 is 2.67 bits per heavy atom. The Bertz CT molecular complexity index is 732. The lowest BCUT2D eigenvalue weighted by atomic mass is 10.1. The summed E-state index contributed by atoms with van der Waals surface area (Å²) in [4.78, 5) is 0. The average molecular weight is 279 g/mol. The van der Waals surface area contributed by atoms with E-state index in [9.17, 15) is 0 Å². The van der Waals surface area contributed by atoms with E-state index in [4.69, 9.17) is 10.5 Å². The number of aromatic nitrogens is 2. The van der Waals surface area contributed by atoms with Gasteiger partial charge in [-0.05, 0) is 35.4 Å². The zero-order valence-corrected chi connectivity index (χ0v) is 11.9. The van der Waals surface area contributed by atoms with Crippen LogP contribution in [0.2, 0.25) is 0 Å². The molecule has 106 valence electrons. The van der Waals surface area contributed by atoms with Crippen molar-refractivity contribution in [3.63, 3.8) is 0 Å². The number of nitrogens with zero attached hydrogens (tertiary/aromatic N) is 2.